The maximum atomic E-state index is 12.9. The average Bonchev–Trinajstić information content (AvgIpc) is 2.78. The van der Waals surface area contributed by atoms with Crippen molar-refractivity contribution in [2.45, 2.75) is 39.7 Å². The number of carbonyl (C=O) groups is 1. The van der Waals surface area contributed by atoms with Crippen molar-refractivity contribution in [1.82, 2.24) is 20.3 Å². The number of nitrogens with one attached hydrogen (secondary N) is 2. The number of nitrogens with zero attached hydrogens (tertiary/aromatic N) is 3. The standard InChI is InChI=1S/C23H23ClF3N5O2/c1-13(2)19(22(33)29-12-15-7-9-16(10-8-15)34-23(25,26)27)31-21-18(24)14(3)30-20(32-21)17-6-4-5-11-28-17/h4-11,13,19H,12H2,1-3H3,(H,29,33)(H,30,31,32). The monoisotopic (exact) mass is 493 g/mol. The number of hydrogen-bond acceptors (Lipinski definition) is 6. The largest absolute Gasteiger partial charge is 0.573 e. The second-order valence-electron chi connectivity index (χ2n) is 7.79. The molecule has 2 N–H and O–H groups in total. The van der Waals surface area contributed by atoms with Crippen molar-refractivity contribution in [2.75, 3.05) is 5.32 Å². The van der Waals surface area contributed by atoms with E-state index in [0.717, 1.165) is 0 Å². The summed E-state index contributed by atoms with van der Waals surface area (Å²) in [5.74, 6) is -0.113. The molecule has 3 rings (SSSR count). The number of halogens is 4. The Hall–Kier alpha value is -3.40. The van der Waals surface area contributed by atoms with Crippen molar-refractivity contribution in [2.24, 2.45) is 5.92 Å². The number of carbonyl (C=O) groups excluding carboxylic acids is 1. The number of ether oxygens (including phenoxy) is 1. The van der Waals surface area contributed by atoms with Crippen LogP contribution in [-0.2, 0) is 11.3 Å². The van der Waals surface area contributed by atoms with Crippen LogP contribution in [0.1, 0.15) is 25.1 Å². The van der Waals surface area contributed by atoms with Crippen molar-refractivity contribution >= 4 is 23.3 Å². The van der Waals surface area contributed by atoms with Gasteiger partial charge in [-0.15, -0.1) is 13.2 Å². The van der Waals surface area contributed by atoms with E-state index < -0.39 is 12.4 Å². The third-order valence-corrected chi connectivity index (χ3v) is 5.23. The van der Waals surface area contributed by atoms with Gasteiger partial charge in [-0.1, -0.05) is 43.6 Å². The van der Waals surface area contributed by atoms with Crippen LogP contribution < -0.4 is 15.4 Å². The third-order valence-electron chi connectivity index (χ3n) is 4.78. The van der Waals surface area contributed by atoms with Gasteiger partial charge in [-0.2, -0.15) is 0 Å². The van der Waals surface area contributed by atoms with Gasteiger partial charge in [-0.25, -0.2) is 9.97 Å². The summed E-state index contributed by atoms with van der Waals surface area (Å²) in [5.41, 5.74) is 1.71. The smallest absolute Gasteiger partial charge is 0.406 e. The van der Waals surface area contributed by atoms with E-state index in [9.17, 15) is 18.0 Å². The minimum absolute atomic E-state index is 0.117. The van der Waals surface area contributed by atoms with Gasteiger partial charge in [0.25, 0.3) is 0 Å². The number of aromatic nitrogens is 3. The van der Waals surface area contributed by atoms with Gasteiger partial charge >= 0.3 is 6.36 Å². The molecule has 11 heteroatoms. The lowest BCUT2D eigenvalue weighted by Gasteiger charge is -2.23. The first-order valence-corrected chi connectivity index (χ1v) is 10.8. The van der Waals surface area contributed by atoms with Crippen molar-refractivity contribution in [1.29, 1.82) is 0 Å². The summed E-state index contributed by atoms with van der Waals surface area (Å²) < 4.78 is 40.8. The zero-order valence-electron chi connectivity index (χ0n) is 18.7. The summed E-state index contributed by atoms with van der Waals surface area (Å²) in [5, 5.41) is 6.18. The Labute approximate surface area is 199 Å². The van der Waals surface area contributed by atoms with Gasteiger partial charge < -0.3 is 15.4 Å². The molecule has 2 aromatic heterocycles. The van der Waals surface area contributed by atoms with Crippen molar-refractivity contribution in [3.8, 4) is 17.3 Å². The Morgan fingerprint density at radius 2 is 1.82 bits per heavy atom. The Balaban J connectivity index is 1.72. The highest BCUT2D eigenvalue weighted by Gasteiger charge is 2.31. The molecule has 0 aliphatic carbocycles. The molecule has 2 heterocycles. The van der Waals surface area contributed by atoms with E-state index in [0.29, 0.717) is 33.6 Å². The molecule has 180 valence electrons. The zero-order valence-corrected chi connectivity index (χ0v) is 19.4. The van der Waals surface area contributed by atoms with Crippen molar-refractivity contribution in [3.05, 3.63) is 64.9 Å². The molecule has 0 aliphatic rings. The van der Waals surface area contributed by atoms with Gasteiger partial charge in [0, 0.05) is 12.7 Å². The van der Waals surface area contributed by atoms with Crippen LogP contribution >= 0.6 is 11.6 Å². The number of hydrogen-bond donors (Lipinski definition) is 2. The van der Waals surface area contributed by atoms with Crippen LogP contribution in [0.2, 0.25) is 5.02 Å². The Bertz CT molecular complexity index is 1130. The lowest BCUT2D eigenvalue weighted by molar-refractivity contribution is -0.274. The molecule has 0 spiro atoms. The maximum absolute atomic E-state index is 12.9. The molecular weight excluding hydrogens is 471 g/mol. The maximum Gasteiger partial charge on any atom is 0.573 e. The molecule has 1 amide bonds. The molecule has 1 atom stereocenters. The molecule has 1 unspecified atom stereocenters. The summed E-state index contributed by atoms with van der Waals surface area (Å²) in [6.07, 6.45) is -3.13. The molecule has 1 aromatic carbocycles. The first-order chi connectivity index (χ1) is 16.0. The van der Waals surface area contributed by atoms with Crippen LogP contribution in [0.15, 0.2) is 48.7 Å². The number of benzene rings is 1. The fraction of sp³-hybridized carbons (Fsp3) is 0.304. The second kappa shape index (κ2) is 10.7. The normalized spacial score (nSPS) is 12.4. The van der Waals surface area contributed by atoms with Gasteiger partial charge in [0.15, 0.2) is 5.82 Å². The predicted octanol–water partition coefficient (Wildman–Crippen LogP) is 5.15. The highest BCUT2D eigenvalue weighted by Crippen LogP contribution is 2.27. The molecule has 0 saturated carbocycles. The quantitative estimate of drug-likeness (QED) is 0.451. The molecular formula is C23H23ClF3N5O2. The highest BCUT2D eigenvalue weighted by molar-refractivity contribution is 6.33. The molecule has 7 nitrogen and oxygen atoms in total. The van der Waals surface area contributed by atoms with Crippen LogP contribution in [0.5, 0.6) is 5.75 Å². The van der Waals surface area contributed by atoms with Crippen LogP contribution in [0.25, 0.3) is 11.5 Å². The summed E-state index contributed by atoms with van der Waals surface area (Å²) in [4.78, 5) is 26.0. The molecule has 0 radical (unpaired) electrons. The van der Waals surface area contributed by atoms with Crippen molar-refractivity contribution in [3.63, 3.8) is 0 Å². The first kappa shape index (κ1) is 25.2. The summed E-state index contributed by atoms with van der Waals surface area (Å²) in [6, 6.07) is 9.95. The number of aryl methyl sites for hydroxylation is 1. The lowest BCUT2D eigenvalue weighted by atomic mass is 10.0. The van der Waals surface area contributed by atoms with Gasteiger partial charge in [0.05, 0.1) is 5.69 Å². The average molecular weight is 494 g/mol. The minimum Gasteiger partial charge on any atom is -0.406 e. The van der Waals surface area contributed by atoms with E-state index in [1.165, 1.54) is 24.3 Å². The van der Waals surface area contributed by atoms with E-state index in [1.54, 1.807) is 25.3 Å². The number of rotatable bonds is 8. The van der Waals surface area contributed by atoms with Crippen LogP contribution in [0, 0.1) is 12.8 Å². The zero-order chi connectivity index (χ0) is 24.9. The molecule has 34 heavy (non-hydrogen) atoms. The fourth-order valence-corrected chi connectivity index (χ4v) is 3.19. The van der Waals surface area contributed by atoms with Crippen molar-refractivity contribution < 1.29 is 22.7 Å². The SMILES string of the molecule is Cc1nc(-c2ccccn2)nc(NC(C(=O)NCc2ccc(OC(F)(F)F)cc2)C(C)C)c1Cl. The fourth-order valence-electron chi connectivity index (χ4n) is 3.05. The Kier molecular flexibility index (Phi) is 7.93. The molecule has 0 bridgehead atoms. The molecule has 3 aromatic rings. The Morgan fingerprint density at radius 1 is 1.12 bits per heavy atom. The van der Waals surface area contributed by atoms with Crippen LogP contribution in [-0.4, -0.2) is 33.3 Å². The third kappa shape index (κ3) is 6.80. The summed E-state index contributed by atoms with van der Waals surface area (Å²) in [7, 11) is 0. The number of anilines is 1. The van der Waals surface area contributed by atoms with E-state index in [4.69, 9.17) is 11.6 Å². The molecule has 0 fully saturated rings. The number of alkyl halides is 3. The Morgan fingerprint density at radius 3 is 2.41 bits per heavy atom. The van der Waals surface area contributed by atoms with E-state index >= 15 is 0 Å². The van der Waals surface area contributed by atoms with E-state index in [-0.39, 0.29) is 24.1 Å². The van der Waals surface area contributed by atoms with Crippen LogP contribution in [0.3, 0.4) is 0 Å². The van der Waals surface area contributed by atoms with E-state index in [2.05, 4.69) is 30.3 Å². The molecule has 0 saturated heterocycles. The minimum atomic E-state index is -4.76. The summed E-state index contributed by atoms with van der Waals surface area (Å²) >= 11 is 6.41. The second-order valence-corrected chi connectivity index (χ2v) is 8.16. The lowest BCUT2D eigenvalue weighted by Crippen LogP contribution is -2.43. The van der Waals surface area contributed by atoms with Gasteiger partial charge in [-0.05, 0) is 42.7 Å². The van der Waals surface area contributed by atoms with Crippen LogP contribution in [0.4, 0.5) is 19.0 Å². The highest BCUT2D eigenvalue weighted by atomic mass is 35.5. The van der Waals surface area contributed by atoms with Gasteiger partial charge in [-0.3, -0.25) is 9.78 Å². The predicted molar refractivity (Wildman–Crippen MR) is 122 cm³/mol. The molecule has 0 aliphatic heterocycles. The number of amides is 1. The van der Waals surface area contributed by atoms with Gasteiger partial charge in [0.2, 0.25) is 5.91 Å². The summed E-state index contributed by atoms with van der Waals surface area (Å²) in [6.45, 7) is 5.58. The number of pyridine rings is 1. The van der Waals surface area contributed by atoms with E-state index in [1.807, 2.05) is 19.9 Å². The topological polar surface area (TPSA) is 89.0 Å². The van der Waals surface area contributed by atoms with Gasteiger partial charge in [0.1, 0.15) is 28.3 Å². The first-order valence-electron chi connectivity index (χ1n) is 10.4.